The van der Waals surface area contributed by atoms with Gasteiger partial charge in [0.25, 0.3) is 0 Å². The molecule has 0 aliphatic carbocycles. The standard InChI is InChI=1S/C22H25N3O4/c1-28-19-9-8-17(12-20(19)29-2)22-18(13-23-11-10-21(26)27)15-25(24-22)14-16-6-4-3-5-7-16/h3-9,12,15,23H,10-11,13-14H2,1-2H3,(H,26,27). The van der Waals surface area contributed by atoms with Crippen LogP contribution in [0.1, 0.15) is 17.5 Å². The molecule has 0 amide bonds. The first kappa shape index (κ1) is 20.4. The van der Waals surface area contributed by atoms with Crippen LogP contribution in [0.3, 0.4) is 0 Å². The average Bonchev–Trinajstić information content (AvgIpc) is 3.13. The molecule has 152 valence electrons. The normalized spacial score (nSPS) is 10.7. The number of aliphatic carboxylic acids is 1. The van der Waals surface area contributed by atoms with Gasteiger partial charge in [-0.25, -0.2) is 0 Å². The fourth-order valence-electron chi connectivity index (χ4n) is 3.09. The Labute approximate surface area is 169 Å². The predicted octanol–water partition coefficient (Wildman–Crippen LogP) is 3.18. The Morgan fingerprint density at radius 2 is 1.86 bits per heavy atom. The molecule has 0 atom stereocenters. The van der Waals surface area contributed by atoms with Crippen molar-refractivity contribution in [3.05, 3.63) is 65.9 Å². The molecule has 0 aliphatic rings. The van der Waals surface area contributed by atoms with Crippen molar-refractivity contribution in [2.45, 2.75) is 19.5 Å². The van der Waals surface area contributed by atoms with E-state index in [2.05, 4.69) is 17.4 Å². The average molecular weight is 395 g/mol. The maximum absolute atomic E-state index is 10.8. The topological polar surface area (TPSA) is 85.6 Å². The lowest BCUT2D eigenvalue weighted by atomic mass is 10.1. The highest BCUT2D eigenvalue weighted by Gasteiger charge is 2.14. The molecule has 0 spiro atoms. The highest BCUT2D eigenvalue weighted by atomic mass is 16.5. The summed E-state index contributed by atoms with van der Waals surface area (Å²) in [6.07, 6.45) is 2.07. The van der Waals surface area contributed by atoms with E-state index in [-0.39, 0.29) is 6.42 Å². The third-order valence-corrected chi connectivity index (χ3v) is 4.51. The van der Waals surface area contributed by atoms with Crippen molar-refractivity contribution in [2.75, 3.05) is 20.8 Å². The maximum atomic E-state index is 10.8. The van der Waals surface area contributed by atoms with Crippen LogP contribution in [0.15, 0.2) is 54.7 Å². The number of carboxylic acid groups (broad SMARTS) is 1. The van der Waals surface area contributed by atoms with Gasteiger partial charge in [0, 0.05) is 30.4 Å². The quantitative estimate of drug-likeness (QED) is 0.513. The monoisotopic (exact) mass is 395 g/mol. The third-order valence-electron chi connectivity index (χ3n) is 4.51. The summed E-state index contributed by atoms with van der Waals surface area (Å²) in [5.41, 5.74) is 3.87. The fourth-order valence-corrected chi connectivity index (χ4v) is 3.09. The number of nitrogens with one attached hydrogen (secondary N) is 1. The summed E-state index contributed by atoms with van der Waals surface area (Å²) in [5, 5.41) is 16.8. The summed E-state index contributed by atoms with van der Waals surface area (Å²) in [4.78, 5) is 10.8. The number of methoxy groups -OCH3 is 2. The second-order valence-electron chi connectivity index (χ2n) is 6.58. The van der Waals surface area contributed by atoms with Crippen molar-refractivity contribution >= 4 is 5.97 Å². The van der Waals surface area contributed by atoms with Gasteiger partial charge in [0.1, 0.15) is 0 Å². The number of benzene rings is 2. The zero-order chi connectivity index (χ0) is 20.6. The summed E-state index contributed by atoms with van der Waals surface area (Å²) in [7, 11) is 3.20. The van der Waals surface area contributed by atoms with Gasteiger partial charge in [0.05, 0.1) is 32.9 Å². The van der Waals surface area contributed by atoms with Crippen LogP contribution in [0.25, 0.3) is 11.3 Å². The van der Waals surface area contributed by atoms with E-state index in [1.54, 1.807) is 14.2 Å². The van der Waals surface area contributed by atoms with Gasteiger partial charge in [-0.05, 0) is 23.8 Å². The van der Waals surface area contributed by atoms with E-state index in [9.17, 15) is 4.79 Å². The Hall–Kier alpha value is -3.32. The number of carboxylic acids is 1. The van der Waals surface area contributed by atoms with Crippen LogP contribution < -0.4 is 14.8 Å². The summed E-state index contributed by atoms with van der Waals surface area (Å²) in [6, 6.07) is 15.8. The largest absolute Gasteiger partial charge is 0.493 e. The van der Waals surface area contributed by atoms with Crippen LogP contribution in [0, 0.1) is 0 Å². The lowest BCUT2D eigenvalue weighted by Crippen LogP contribution is -2.17. The van der Waals surface area contributed by atoms with Crippen molar-refractivity contribution in [3.63, 3.8) is 0 Å². The van der Waals surface area contributed by atoms with Gasteiger partial charge in [-0.1, -0.05) is 30.3 Å². The number of hydrogen-bond acceptors (Lipinski definition) is 5. The van der Waals surface area contributed by atoms with E-state index in [0.717, 1.165) is 22.4 Å². The van der Waals surface area contributed by atoms with Crippen molar-refractivity contribution < 1.29 is 19.4 Å². The SMILES string of the molecule is COc1ccc(-c2nn(Cc3ccccc3)cc2CNCCC(=O)O)cc1OC. The molecule has 1 aromatic heterocycles. The summed E-state index contributed by atoms with van der Waals surface area (Å²) in [5.74, 6) is 0.464. The molecule has 7 nitrogen and oxygen atoms in total. The molecule has 7 heteroatoms. The lowest BCUT2D eigenvalue weighted by molar-refractivity contribution is -0.136. The Morgan fingerprint density at radius 1 is 1.10 bits per heavy atom. The molecule has 0 saturated heterocycles. The summed E-state index contributed by atoms with van der Waals surface area (Å²) >= 11 is 0. The Morgan fingerprint density at radius 3 is 2.55 bits per heavy atom. The second-order valence-corrected chi connectivity index (χ2v) is 6.58. The van der Waals surface area contributed by atoms with Crippen molar-refractivity contribution in [1.29, 1.82) is 0 Å². The molecule has 2 N–H and O–H groups in total. The molecule has 29 heavy (non-hydrogen) atoms. The molecular weight excluding hydrogens is 370 g/mol. The van der Waals surface area contributed by atoms with Gasteiger partial charge < -0.3 is 19.9 Å². The fraction of sp³-hybridized carbons (Fsp3) is 0.273. The summed E-state index contributed by atoms with van der Waals surface area (Å²) in [6.45, 7) is 1.56. The van der Waals surface area contributed by atoms with Gasteiger partial charge in [-0.15, -0.1) is 0 Å². The van der Waals surface area contributed by atoms with Gasteiger partial charge >= 0.3 is 5.97 Å². The molecule has 1 heterocycles. The molecule has 3 aromatic rings. The van der Waals surface area contributed by atoms with E-state index in [4.69, 9.17) is 19.7 Å². The molecule has 0 fully saturated rings. The van der Waals surface area contributed by atoms with Crippen LogP contribution >= 0.6 is 0 Å². The van der Waals surface area contributed by atoms with E-state index in [0.29, 0.717) is 31.1 Å². The van der Waals surface area contributed by atoms with Crippen LogP contribution in [0.4, 0.5) is 0 Å². The highest BCUT2D eigenvalue weighted by Crippen LogP contribution is 2.33. The third kappa shape index (κ3) is 5.36. The Kier molecular flexibility index (Phi) is 6.86. The molecule has 0 unspecified atom stereocenters. The molecule has 0 aliphatic heterocycles. The maximum Gasteiger partial charge on any atom is 0.304 e. The van der Waals surface area contributed by atoms with Crippen molar-refractivity contribution in [2.24, 2.45) is 0 Å². The minimum absolute atomic E-state index is 0.0733. The Bertz CT molecular complexity index is 954. The van der Waals surface area contributed by atoms with E-state index in [1.165, 1.54) is 0 Å². The molecule has 0 bridgehead atoms. The van der Waals surface area contributed by atoms with Gasteiger partial charge in [0.2, 0.25) is 0 Å². The van der Waals surface area contributed by atoms with Crippen molar-refractivity contribution in [1.82, 2.24) is 15.1 Å². The number of ether oxygens (including phenoxy) is 2. The van der Waals surface area contributed by atoms with E-state index < -0.39 is 5.97 Å². The molecule has 0 saturated carbocycles. The first-order valence-electron chi connectivity index (χ1n) is 9.36. The molecular formula is C22H25N3O4. The predicted molar refractivity (Wildman–Crippen MR) is 110 cm³/mol. The number of carbonyl (C=O) groups is 1. The van der Waals surface area contributed by atoms with Crippen molar-refractivity contribution in [3.8, 4) is 22.8 Å². The number of rotatable bonds is 10. The molecule has 3 rings (SSSR count). The first-order chi connectivity index (χ1) is 14.1. The first-order valence-corrected chi connectivity index (χ1v) is 9.36. The van der Waals surface area contributed by atoms with Gasteiger partial charge in [-0.2, -0.15) is 5.10 Å². The summed E-state index contributed by atoms with van der Waals surface area (Å²) < 4.78 is 12.6. The van der Waals surface area contributed by atoms with Crippen LogP contribution in [0.2, 0.25) is 0 Å². The number of nitrogens with zero attached hydrogens (tertiary/aromatic N) is 2. The second kappa shape index (κ2) is 9.75. The smallest absolute Gasteiger partial charge is 0.304 e. The zero-order valence-corrected chi connectivity index (χ0v) is 16.6. The van der Waals surface area contributed by atoms with Crippen LogP contribution in [-0.4, -0.2) is 41.6 Å². The number of hydrogen-bond donors (Lipinski definition) is 2. The lowest BCUT2D eigenvalue weighted by Gasteiger charge is -2.09. The van der Waals surface area contributed by atoms with Gasteiger partial charge in [0.15, 0.2) is 11.5 Å². The Balaban J connectivity index is 1.89. The molecule has 0 radical (unpaired) electrons. The van der Waals surface area contributed by atoms with E-state index >= 15 is 0 Å². The van der Waals surface area contributed by atoms with Crippen LogP contribution in [-0.2, 0) is 17.9 Å². The highest BCUT2D eigenvalue weighted by molar-refractivity contribution is 5.67. The number of aromatic nitrogens is 2. The minimum Gasteiger partial charge on any atom is -0.493 e. The zero-order valence-electron chi connectivity index (χ0n) is 16.6. The minimum atomic E-state index is -0.822. The molecule has 2 aromatic carbocycles. The van der Waals surface area contributed by atoms with Gasteiger partial charge in [-0.3, -0.25) is 9.48 Å². The van der Waals surface area contributed by atoms with Crippen LogP contribution in [0.5, 0.6) is 11.5 Å². The van der Waals surface area contributed by atoms with E-state index in [1.807, 2.05) is 47.3 Å².